The zero-order valence-electron chi connectivity index (χ0n) is 9.91. The average molecular weight is 183 g/mol. The van der Waals surface area contributed by atoms with Crippen LogP contribution < -0.4 is 5.73 Å². The lowest BCUT2D eigenvalue weighted by Gasteiger charge is -2.33. The van der Waals surface area contributed by atoms with E-state index in [1.807, 2.05) is 0 Å². The van der Waals surface area contributed by atoms with Gasteiger partial charge in [-0.25, -0.2) is 0 Å². The summed E-state index contributed by atoms with van der Waals surface area (Å²) in [6.07, 6.45) is 4.84. The molecule has 1 fully saturated rings. The first kappa shape index (κ1) is 11.0. The molecule has 1 saturated carbocycles. The van der Waals surface area contributed by atoms with Crippen LogP contribution in [0.15, 0.2) is 0 Å². The van der Waals surface area contributed by atoms with Crippen LogP contribution in [0.4, 0.5) is 0 Å². The maximum Gasteiger partial charge on any atom is 0.0164 e. The largest absolute Gasteiger partial charge is 0.325 e. The highest BCUT2D eigenvalue weighted by molar-refractivity contribution is 4.99. The number of hydrogen-bond acceptors (Lipinski definition) is 1. The van der Waals surface area contributed by atoms with Crippen molar-refractivity contribution in [3.8, 4) is 0 Å². The van der Waals surface area contributed by atoms with Gasteiger partial charge in [-0.2, -0.15) is 0 Å². The van der Waals surface area contributed by atoms with Crippen molar-refractivity contribution in [3.05, 3.63) is 0 Å². The van der Waals surface area contributed by atoms with Crippen LogP contribution in [-0.2, 0) is 0 Å². The molecular formula is C12H25N. The second kappa shape index (κ2) is 2.98. The zero-order chi connectivity index (χ0) is 10.3. The molecular weight excluding hydrogens is 158 g/mol. The quantitative estimate of drug-likeness (QED) is 0.663. The van der Waals surface area contributed by atoms with Crippen LogP contribution in [0.3, 0.4) is 0 Å². The van der Waals surface area contributed by atoms with Crippen molar-refractivity contribution in [2.75, 3.05) is 0 Å². The van der Waals surface area contributed by atoms with Crippen LogP contribution in [0.5, 0.6) is 0 Å². The van der Waals surface area contributed by atoms with E-state index in [2.05, 4.69) is 34.6 Å². The smallest absolute Gasteiger partial charge is 0.0164 e. The number of nitrogens with two attached hydrogens (primary N) is 1. The summed E-state index contributed by atoms with van der Waals surface area (Å²) in [5, 5.41) is 0. The number of hydrogen-bond donors (Lipinski definition) is 1. The van der Waals surface area contributed by atoms with Crippen LogP contribution in [0.1, 0.15) is 60.3 Å². The highest BCUT2D eigenvalue weighted by Crippen LogP contribution is 2.46. The first-order valence-electron chi connectivity index (χ1n) is 5.41. The van der Waals surface area contributed by atoms with Crippen molar-refractivity contribution in [2.24, 2.45) is 16.6 Å². The Labute approximate surface area is 83.1 Å². The lowest BCUT2D eigenvalue weighted by molar-refractivity contribution is 0.238. The van der Waals surface area contributed by atoms with Gasteiger partial charge in [-0.3, -0.25) is 0 Å². The van der Waals surface area contributed by atoms with E-state index in [1.54, 1.807) is 0 Å². The molecule has 1 heteroatoms. The van der Waals surface area contributed by atoms with E-state index in [0.29, 0.717) is 10.8 Å². The van der Waals surface area contributed by atoms with Crippen molar-refractivity contribution >= 4 is 0 Å². The Balaban J connectivity index is 2.60. The first-order valence-corrected chi connectivity index (χ1v) is 5.41. The summed E-state index contributed by atoms with van der Waals surface area (Å²) in [5.41, 5.74) is 7.38. The maximum absolute atomic E-state index is 6.42. The second-order valence-electron chi connectivity index (χ2n) is 6.94. The van der Waals surface area contributed by atoms with Crippen molar-refractivity contribution in [3.63, 3.8) is 0 Å². The maximum atomic E-state index is 6.42. The highest BCUT2D eigenvalue weighted by Gasteiger charge is 2.42. The summed E-state index contributed by atoms with van der Waals surface area (Å²) in [4.78, 5) is 0. The third-order valence-electron chi connectivity index (χ3n) is 3.01. The van der Waals surface area contributed by atoms with Gasteiger partial charge in [0.1, 0.15) is 0 Å². The molecule has 0 aromatic carbocycles. The van der Waals surface area contributed by atoms with Crippen LogP contribution >= 0.6 is 0 Å². The van der Waals surface area contributed by atoms with Gasteiger partial charge >= 0.3 is 0 Å². The van der Waals surface area contributed by atoms with E-state index in [-0.39, 0.29) is 5.54 Å². The third kappa shape index (κ3) is 3.30. The minimum Gasteiger partial charge on any atom is -0.325 e. The molecule has 1 unspecified atom stereocenters. The Bertz CT molecular complexity index is 188. The van der Waals surface area contributed by atoms with E-state index in [9.17, 15) is 0 Å². The van der Waals surface area contributed by atoms with Crippen LogP contribution in [0.2, 0.25) is 0 Å². The van der Waals surface area contributed by atoms with E-state index in [0.717, 1.165) is 6.42 Å². The van der Waals surface area contributed by atoms with Gasteiger partial charge in [0.05, 0.1) is 0 Å². The summed E-state index contributed by atoms with van der Waals surface area (Å²) in [5.74, 6) is 0. The highest BCUT2D eigenvalue weighted by atomic mass is 14.8. The summed E-state index contributed by atoms with van der Waals surface area (Å²) in [7, 11) is 0. The minimum atomic E-state index is 0.113. The van der Waals surface area contributed by atoms with Gasteiger partial charge in [-0.15, -0.1) is 0 Å². The molecule has 0 aromatic rings. The molecule has 0 amide bonds. The van der Waals surface area contributed by atoms with Gasteiger partial charge in [0.25, 0.3) is 0 Å². The molecule has 1 aliphatic rings. The first-order chi connectivity index (χ1) is 5.62. The average Bonchev–Trinajstić information content (AvgIpc) is 2.00. The van der Waals surface area contributed by atoms with Gasteiger partial charge < -0.3 is 5.73 Å². The summed E-state index contributed by atoms with van der Waals surface area (Å²) in [6, 6.07) is 0. The Morgan fingerprint density at radius 2 is 1.69 bits per heavy atom. The van der Waals surface area contributed by atoms with Crippen molar-refractivity contribution < 1.29 is 0 Å². The van der Waals surface area contributed by atoms with Crippen LogP contribution in [0, 0.1) is 10.8 Å². The zero-order valence-corrected chi connectivity index (χ0v) is 9.91. The molecule has 0 saturated heterocycles. The molecule has 1 atom stereocenters. The predicted molar refractivity (Wildman–Crippen MR) is 58.6 cm³/mol. The summed E-state index contributed by atoms with van der Waals surface area (Å²) >= 11 is 0. The van der Waals surface area contributed by atoms with Gasteiger partial charge in [-0.05, 0) is 36.5 Å². The molecule has 78 valence electrons. The Morgan fingerprint density at radius 1 is 1.15 bits per heavy atom. The Hall–Kier alpha value is -0.0400. The van der Waals surface area contributed by atoms with Gasteiger partial charge in [0.2, 0.25) is 0 Å². The fourth-order valence-corrected chi connectivity index (χ4v) is 2.92. The SMILES string of the molecule is CC(C)(C)CC1(N)CCC(C)(C)C1. The predicted octanol–water partition coefficient (Wildman–Crippen LogP) is 3.33. The van der Waals surface area contributed by atoms with Crippen molar-refractivity contribution in [2.45, 2.75) is 65.8 Å². The third-order valence-corrected chi connectivity index (χ3v) is 3.01. The summed E-state index contributed by atoms with van der Waals surface area (Å²) < 4.78 is 0. The molecule has 0 aromatic heterocycles. The Kier molecular flexibility index (Phi) is 2.53. The lowest BCUT2D eigenvalue weighted by Crippen LogP contribution is -2.41. The molecule has 13 heavy (non-hydrogen) atoms. The van der Waals surface area contributed by atoms with Gasteiger partial charge in [0, 0.05) is 5.54 Å². The molecule has 0 bridgehead atoms. The molecule has 0 radical (unpaired) electrons. The molecule has 1 rings (SSSR count). The minimum absolute atomic E-state index is 0.113. The van der Waals surface area contributed by atoms with Crippen molar-refractivity contribution in [1.82, 2.24) is 0 Å². The van der Waals surface area contributed by atoms with E-state index >= 15 is 0 Å². The second-order valence-corrected chi connectivity index (χ2v) is 6.94. The van der Waals surface area contributed by atoms with E-state index < -0.39 is 0 Å². The van der Waals surface area contributed by atoms with Crippen molar-refractivity contribution in [1.29, 1.82) is 0 Å². The van der Waals surface area contributed by atoms with Crippen LogP contribution in [-0.4, -0.2) is 5.54 Å². The fourth-order valence-electron chi connectivity index (χ4n) is 2.92. The molecule has 0 spiro atoms. The van der Waals surface area contributed by atoms with E-state index in [4.69, 9.17) is 5.73 Å². The molecule has 0 heterocycles. The molecule has 0 aliphatic heterocycles. The normalized spacial score (nSPS) is 33.7. The van der Waals surface area contributed by atoms with Crippen LogP contribution in [0.25, 0.3) is 0 Å². The Morgan fingerprint density at radius 3 is 2.00 bits per heavy atom. The standard InChI is InChI=1S/C12H25N/c1-10(2,3)8-12(13)7-6-11(4,5)9-12/h6-9,13H2,1-5H3. The topological polar surface area (TPSA) is 26.0 Å². The number of rotatable bonds is 1. The summed E-state index contributed by atoms with van der Waals surface area (Å²) in [6.45, 7) is 11.5. The molecule has 2 N–H and O–H groups in total. The van der Waals surface area contributed by atoms with Gasteiger partial charge in [-0.1, -0.05) is 34.6 Å². The molecule has 1 nitrogen and oxygen atoms in total. The fraction of sp³-hybridized carbons (Fsp3) is 1.00. The monoisotopic (exact) mass is 183 g/mol. The van der Waals surface area contributed by atoms with Gasteiger partial charge in [0.15, 0.2) is 0 Å². The lowest BCUT2D eigenvalue weighted by atomic mass is 9.77. The molecule has 1 aliphatic carbocycles. The van der Waals surface area contributed by atoms with E-state index in [1.165, 1.54) is 19.3 Å².